The van der Waals surface area contributed by atoms with Crippen LogP contribution in [0, 0.1) is 6.92 Å². The van der Waals surface area contributed by atoms with E-state index in [1.165, 1.54) is 0 Å². The Morgan fingerprint density at radius 1 is 1.62 bits per heavy atom. The van der Waals surface area contributed by atoms with Crippen LogP contribution in [0.3, 0.4) is 0 Å². The second kappa shape index (κ2) is 6.27. The van der Waals surface area contributed by atoms with E-state index in [0.29, 0.717) is 19.5 Å². The summed E-state index contributed by atoms with van der Waals surface area (Å²) in [5.41, 5.74) is 6.37. The molecule has 1 aromatic heterocycles. The Labute approximate surface area is 96.2 Å². The van der Waals surface area contributed by atoms with Gasteiger partial charge in [-0.25, -0.2) is 0 Å². The molecule has 0 aliphatic rings. The zero-order valence-electron chi connectivity index (χ0n) is 10.0. The van der Waals surface area contributed by atoms with E-state index in [0.717, 1.165) is 18.7 Å². The van der Waals surface area contributed by atoms with E-state index < -0.39 is 0 Å². The average molecular weight is 224 g/mol. The van der Waals surface area contributed by atoms with Crippen LogP contribution in [0.25, 0.3) is 0 Å². The molecule has 0 saturated carbocycles. The normalized spacial score (nSPS) is 10.4. The number of carbonyl (C=O) groups excluding carboxylic acids is 1. The number of rotatable bonds is 6. The van der Waals surface area contributed by atoms with Crippen LogP contribution < -0.4 is 5.73 Å². The molecule has 0 spiro atoms. The molecule has 0 aromatic carbocycles. The van der Waals surface area contributed by atoms with Crippen LogP contribution in [0.4, 0.5) is 0 Å². The molecule has 0 unspecified atom stereocenters. The van der Waals surface area contributed by atoms with Gasteiger partial charge >= 0.3 is 0 Å². The summed E-state index contributed by atoms with van der Waals surface area (Å²) in [7, 11) is 1.81. The first kappa shape index (κ1) is 12.7. The lowest BCUT2D eigenvalue weighted by Crippen LogP contribution is -2.29. The lowest BCUT2D eigenvalue weighted by atomic mass is 10.3. The van der Waals surface area contributed by atoms with Gasteiger partial charge in [0.15, 0.2) is 0 Å². The maximum atomic E-state index is 11.7. The molecule has 0 bridgehead atoms. The van der Waals surface area contributed by atoms with Gasteiger partial charge in [-0.05, 0) is 26.0 Å². The minimum Gasteiger partial charge on any atom is -0.346 e. The average Bonchev–Trinajstić information content (AvgIpc) is 2.68. The van der Waals surface area contributed by atoms with Gasteiger partial charge in [-0.1, -0.05) is 0 Å². The Kier molecular flexibility index (Phi) is 4.98. The maximum Gasteiger partial charge on any atom is 0.224 e. The van der Waals surface area contributed by atoms with Gasteiger partial charge in [-0.15, -0.1) is 0 Å². The molecule has 1 rings (SSSR count). The van der Waals surface area contributed by atoms with Crippen LogP contribution in [0.15, 0.2) is 12.3 Å². The van der Waals surface area contributed by atoms with Crippen molar-refractivity contribution in [3.8, 4) is 0 Å². The summed E-state index contributed by atoms with van der Waals surface area (Å²) in [5.74, 6) is 0.140. The minimum absolute atomic E-state index is 0.140. The highest BCUT2D eigenvalue weighted by molar-refractivity contribution is 5.75. The Morgan fingerprint density at radius 2 is 2.38 bits per heavy atom. The summed E-state index contributed by atoms with van der Waals surface area (Å²) in [6.07, 6.45) is 3.23. The van der Waals surface area contributed by atoms with Crippen LogP contribution in [0.1, 0.15) is 18.5 Å². The Hall–Kier alpha value is -1.36. The SMILES string of the molecule is Cc1ccn(CCC(=O)N(C)CCCN)n1. The van der Waals surface area contributed by atoms with E-state index >= 15 is 0 Å². The smallest absolute Gasteiger partial charge is 0.224 e. The number of amides is 1. The number of nitrogens with zero attached hydrogens (tertiary/aromatic N) is 3. The highest BCUT2D eigenvalue weighted by atomic mass is 16.2. The molecule has 5 nitrogen and oxygen atoms in total. The molecule has 1 aromatic rings. The van der Waals surface area contributed by atoms with E-state index in [2.05, 4.69) is 5.10 Å². The van der Waals surface area contributed by atoms with Crippen LogP contribution >= 0.6 is 0 Å². The molecule has 1 heterocycles. The third-order valence-electron chi connectivity index (χ3n) is 2.45. The van der Waals surface area contributed by atoms with Crippen LogP contribution in [-0.4, -0.2) is 40.7 Å². The van der Waals surface area contributed by atoms with Gasteiger partial charge in [-0.2, -0.15) is 5.10 Å². The minimum atomic E-state index is 0.140. The van der Waals surface area contributed by atoms with Gasteiger partial charge in [0.2, 0.25) is 5.91 Å². The number of hydrogen-bond donors (Lipinski definition) is 1. The monoisotopic (exact) mass is 224 g/mol. The Bertz CT molecular complexity index is 334. The third-order valence-corrected chi connectivity index (χ3v) is 2.45. The summed E-state index contributed by atoms with van der Waals surface area (Å²) >= 11 is 0. The van der Waals surface area contributed by atoms with Crippen molar-refractivity contribution in [2.45, 2.75) is 26.3 Å². The summed E-state index contributed by atoms with van der Waals surface area (Å²) in [6.45, 7) is 3.93. The zero-order valence-corrected chi connectivity index (χ0v) is 10.0. The number of hydrogen-bond acceptors (Lipinski definition) is 3. The molecule has 0 atom stereocenters. The van der Waals surface area contributed by atoms with Gasteiger partial charge in [0.1, 0.15) is 0 Å². The first-order valence-corrected chi connectivity index (χ1v) is 5.57. The second-order valence-corrected chi connectivity index (χ2v) is 3.93. The molecule has 1 amide bonds. The molecule has 0 saturated heterocycles. The summed E-state index contributed by atoms with van der Waals surface area (Å²) in [6, 6.07) is 1.93. The van der Waals surface area contributed by atoms with Crippen molar-refractivity contribution in [1.82, 2.24) is 14.7 Å². The highest BCUT2D eigenvalue weighted by Gasteiger charge is 2.08. The standard InChI is InChI=1S/C11H20N4O/c1-10-4-8-15(13-10)9-5-11(16)14(2)7-3-6-12/h4,8H,3,5-7,9,12H2,1-2H3. The summed E-state index contributed by atoms with van der Waals surface area (Å²) < 4.78 is 1.80. The van der Waals surface area contributed by atoms with Crippen molar-refractivity contribution in [2.24, 2.45) is 5.73 Å². The van der Waals surface area contributed by atoms with Crippen LogP contribution in [0.5, 0.6) is 0 Å². The molecule has 2 N–H and O–H groups in total. The first-order valence-electron chi connectivity index (χ1n) is 5.57. The molecule has 0 radical (unpaired) electrons. The summed E-state index contributed by atoms with van der Waals surface area (Å²) in [4.78, 5) is 13.4. The van der Waals surface area contributed by atoms with Gasteiger partial charge < -0.3 is 10.6 Å². The summed E-state index contributed by atoms with van der Waals surface area (Å²) in [5, 5.41) is 4.23. The molecule has 90 valence electrons. The van der Waals surface area contributed by atoms with E-state index in [4.69, 9.17) is 5.73 Å². The van der Waals surface area contributed by atoms with E-state index in [1.807, 2.05) is 26.2 Å². The number of carbonyl (C=O) groups is 1. The van der Waals surface area contributed by atoms with E-state index in [9.17, 15) is 4.79 Å². The fourth-order valence-corrected chi connectivity index (χ4v) is 1.44. The van der Waals surface area contributed by atoms with Crippen molar-refractivity contribution >= 4 is 5.91 Å². The van der Waals surface area contributed by atoms with Crippen molar-refractivity contribution in [2.75, 3.05) is 20.1 Å². The predicted octanol–water partition coefficient (Wildman–Crippen LogP) is 0.389. The molecular weight excluding hydrogens is 204 g/mol. The lowest BCUT2D eigenvalue weighted by Gasteiger charge is -2.16. The highest BCUT2D eigenvalue weighted by Crippen LogP contribution is 1.98. The molecule has 0 aliphatic heterocycles. The van der Waals surface area contributed by atoms with Crippen molar-refractivity contribution in [3.63, 3.8) is 0 Å². The number of aryl methyl sites for hydroxylation is 2. The van der Waals surface area contributed by atoms with Gasteiger partial charge in [0.25, 0.3) is 0 Å². The van der Waals surface area contributed by atoms with Crippen molar-refractivity contribution < 1.29 is 4.79 Å². The first-order chi connectivity index (χ1) is 7.63. The fraction of sp³-hybridized carbons (Fsp3) is 0.636. The molecule has 5 heteroatoms. The topological polar surface area (TPSA) is 64.2 Å². The third kappa shape index (κ3) is 4.02. The fourth-order valence-electron chi connectivity index (χ4n) is 1.44. The van der Waals surface area contributed by atoms with Crippen LogP contribution in [0.2, 0.25) is 0 Å². The quantitative estimate of drug-likeness (QED) is 0.760. The molecule has 0 aliphatic carbocycles. The lowest BCUT2D eigenvalue weighted by molar-refractivity contribution is -0.130. The van der Waals surface area contributed by atoms with Crippen LogP contribution in [-0.2, 0) is 11.3 Å². The van der Waals surface area contributed by atoms with Gasteiger partial charge in [0.05, 0.1) is 5.69 Å². The van der Waals surface area contributed by atoms with E-state index in [-0.39, 0.29) is 5.91 Å². The number of nitrogens with two attached hydrogens (primary N) is 1. The Balaban J connectivity index is 2.29. The maximum absolute atomic E-state index is 11.7. The molecular formula is C11H20N4O. The van der Waals surface area contributed by atoms with Gasteiger partial charge in [0, 0.05) is 32.8 Å². The van der Waals surface area contributed by atoms with Gasteiger partial charge in [-0.3, -0.25) is 9.48 Å². The largest absolute Gasteiger partial charge is 0.346 e. The van der Waals surface area contributed by atoms with Crippen molar-refractivity contribution in [1.29, 1.82) is 0 Å². The molecule has 16 heavy (non-hydrogen) atoms. The molecule has 0 fully saturated rings. The Morgan fingerprint density at radius 3 is 2.94 bits per heavy atom. The second-order valence-electron chi connectivity index (χ2n) is 3.93. The predicted molar refractivity (Wildman–Crippen MR) is 62.9 cm³/mol. The zero-order chi connectivity index (χ0) is 12.0. The number of aromatic nitrogens is 2. The van der Waals surface area contributed by atoms with Crippen molar-refractivity contribution in [3.05, 3.63) is 18.0 Å². The van der Waals surface area contributed by atoms with E-state index in [1.54, 1.807) is 9.58 Å².